The van der Waals surface area contributed by atoms with Crippen molar-refractivity contribution in [2.24, 2.45) is 0 Å². The van der Waals surface area contributed by atoms with E-state index >= 15 is 0 Å². The number of benzene rings is 1. The zero-order chi connectivity index (χ0) is 21.3. The maximum Gasteiger partial charge on any atom is 0.268 e. The van der Waals surface area contributed by atoms with Gasteiger partial charge in [-0.2, -0.15) is 0 Å². The molecular formula is C25H35NO3S. The molecule has 1 aromatic rings. The summed E-state index contributed by atoms with van der Waals surface area (Å²) in [7, 11) is 0. The second kappa shape index (κ2) is 11.7. The Kier molecular flexibility index (Phi) is 9.01. The minimum atomic E-state index is -0.161. The summed E-state index contributed by atoms with van der Waals surface area (Å²) >= 11 is 1.31. The standard InChI is InChI=1S/C25H35NO3S/c1-19-13-15-20(16-14-19)22-23(30-18-17-27)25(29)26(24(22)28)21-11-9-7-5-3-2-4-6-8-10-12-21/h13-16,21,27H,2-12,17-18H2,1H3. The van der Waals surface area contributed by atoms with Crippen molar-refractivity contribution in [2.75, 3.05) is 12.4 Å². The molecule has 1 fully saturated rings. The molecule has 2 aliphatic rings. The topological polar surface area (TPSA) is 57.6 Å². The summed E-state index contributed by atoms with van der Waals surface area (Å²) in [5, 5.41) is 9.31. The number of imide groups is 1. The van der Waals surface area contributed by atoms with Gasteiger partial charge in [-0.1, -0.05) is 87.6 Å². The molecule has 3 rings (SSSR count). The lowest BCUT2D eigenvalue weighted by Crippen LogP contribution is -2.41. The molecular weight excluding hydrogens is 394 g/mol. The van der Waals surface area contributed by atoms with Gasteiger partial charge in [0.2, 0.25) is 0 Å². The molecule has 0 aromatic heterocycles. The van der Waals surface area contributed by atoms with Gasteiger partial charge in [0.05, 0.1) is 17.1 Å². The molecule has 1 aromatic carbocycles. The number of aliphatic hydroxyl groups excluding tert-OH is 1. The molecule has 1 heterocycles. The smallest absolute Gasteiger partial charge is 0.268 e. The summed E-state index contributed by atoms with van der Waals surface area (Å²) in [4.78, 5) is 29.0. The van der Waals surface area contributed by atoms with Gasteiger partial charge >= 0.3 is 0 Å². The highest BCUT2D eigenvalue weighted by Gasteiger charge is 2.42. The fraction of sp³-hybridized carbons (Fsp3) is 0.600. The number of aryl methyl sites for hydroxylation is 1. The number of hydrogen-bond acceptors (Lipinski definition) is 4. The Hall–Kier alpha value is -1.59. The summed E-state index contributed by atoms with van der Waals surface area (Å²) < 4.78 is 0. The first kappa shape index (κ1) is 23.1. The summed E-state index contributed by atoms with van der Waals surface area (Å²) in [5.41, 5.74) is 2.44. The third-order valence-electron chi connectivity index (χ3n) is 6.19. The van der Waals surface area contributed by atoms with Crippen LogP contribution in [-0.2, 0) is 9.59 Å². The minimum absolute atomic E-state index is 0.0136. The molecule has 0 radical (unpaired) electrons. The second-order valence-corrected chi connectivity index (χ2v) is 9.64. The normalized spacial score (nSPS) is 20.4. The lowest BCUT2D eigenvalue weighted by atomic mass is 9.96. The first-order chi connectivity index (χ1) is 14.6. The molecule has 2 amide bonds. The monoisotopic (exact) mass is 429 g/mol. The summed E-state index contributed by atoms with van der Waals surface area (Å²) in [6.45, 7) is 2.00. The molecule has 0 spiro atoms. The maximum atomic E-state index is 13.5. The van der Waals surface area contributed by atoms with Crippen molar-refractivity contribution in [3.63, 3.8) is 0 Å². The first-order valence-electron chi connectivity index (χ1n) is 11.6. The van der Waals surface area contributed by atoms with Gasteiger partial charge in [0, 0.05) is 11.8 Å². The van der Waals surface area contributed by atoms with Crippen LogP contribution in [-0.4, -0.2) is 40.2 Å². The van der Waals surface area contributed by atoms with Crippen LogP contribution in [0.3, 0.4) is 0 Å². The molecule has 0 unspecified atom stereocenters. The van der Waals surface area contributed by atoms with Crippen LogP contribution < -0.4 is 0 Å². The molecule has 5 heteroatoms. The second-order valence-electron chi connectivity index (χ2n) is 8.54. The van der Waals surface area contributed by atoms with Gasteiger partial charge in [-0.05, 0) is 25.3 Å². The Balaban J connectivity index is 1.84. The number of hydrogen-bond donors (Lipinski definition) is 1. The molecule has 1 N–H and O–H groups in total. The highest BCUT2D eigenvalue weighted by atomic mass is 32.2. The lowest BCUT2D eigenvalue weighted by Gasteiger charge is -2.27. The van der Waals surface area contributed by atoms with Crippen molar-refractivity contribution in [3.05, 3.63) is 40.3 Å². The SMILES string of the molecule is Cc1ccc(C2=C(SCCO)C(=O)N(C3CCCCCCCCCCC3)C2=O)cc1. The average Bonchev–Trinajstić information content (AvgIpc) is 2.97. The molecule has 1 aliphatic heterocycles. The first-order valence-corrected chi connectivity index (χ1v) is 12.5. The van der Waals surface area contributed by atoms with Crippen LogP contribution >= 0.6 is 11.8 Å². The Morgan fingerprint density at radius 2 is 1.40 bits per heavy atom. The molecule has 4 nitrogen and oxygen atoms in total. The summed E-state index contributed by atoms with van der Waals surface area (Å²) in [6, 6.07) is 7.80. The van der Waals surface area contributed by atoms with Crippen LogP contribution in [0.5, 0.6) is 0 Å². The van der Waals surface area contributed by atoms with Gasteiger partial charge in [0.25, 0.3) is 11.8 Å². The van der Waals surface area contributed by atoms with Gasteiger partial charge in [-0.15, -0.1) is 11.8 Å². The van der Waals surface area contributed by atoms with Crippen molar-refractivity contribution in [1.29, 1.82) is 0 Å². The van der Waals surface area contributed by atoms with Crippen molar-refractivity contribution < 1.29 is 14.7 Å². The zero-order valence-electron chi connectivity index (χ0n) is 18.2. The summed E-state index contributed by atoms with van der Waals surface area (Å²) in [6.07, 6.45) is 12.7. The number of rotatable bonds is 5. The number of thioether (sulfide) groups is 1. The fourth-order valence-electron chi connectivity index (χ4n) is 4.51. The van der Waals surface area contributed by atoms with Crippen LogP contribution in [0.4, 0.5) is 0 Å². The van der Waals surface area contributed by atoms with E-state index in [0.717, 1.165) is 36.8 Å². The maximum absolute atomic E-state index is 13.5. The summed E-state index contributed by atoms with van der Waals surface area (Å²) in [5.74, 6) is 0.106. The van der Waals surface area contributed by atoms with Crippen molar-refractivity contribution in [2.45, 2.75) is 83.6 Å². The van der Waals surface area contributed by atoms with E-state index in [1.807, 2.05) is 31.2 Å². The Morgan fingerprint density at radius 1 is 0.867 bits per heavy atom. The highest BCUT2D eigenvalue weighted by molar-refractivity contribution is 8.04. The predicted molar refractivity (Wildman–Crippen MR) is 124 cm³/mol. The van der Waals surface area contributed by atoms with Crippen LogP contribution in [0.2, 0.25) is 0 Å². The molecule has 0 saturated heterocycles. The molecule has 0 bridgehead atoms. The van der Waals surface area contributed by atoms with E-state index in [2.05, 4.69) is 0 Å². The Bertz CT molecular complexity index is 744. The number of nitrogens with zero attached hydrogens (tertiary/aromatic N) is 1. The van der Waals surface area contributed by atoms with Crippen LogP contribution in [0.1, 0.15) is 81.8 Å². The van der Waals surface area contributed by atoms with Gasteiger partial charge in [0.1, 0.15) is 0 Å². The van der Waals surface area contributed by atoms with Crippen LogP contribution in [0, 0.1) is 6.92 Å². The van der Waals surface area contributed by atoms with E-state index in [1.165, 1.54) is 56.7 Å². The van der Waals surface area contributed by atoms with Gasteiger partial charge in [-0.3, -0.25) is 14.5 Å². The van der Waals surface area contributed by atoms with Crippen molar-refractivity contribution in [1.82, 2.24) is 4.90 Å². The lowest BCUT2D eigenvalue weighted by molar-refractivity contribution is -0.139. The van der Waals surface area contributed by atoms with Crippen molar-refractivity contribution >= 4 is 29.1 Å². The van der Waals surface area contributed by atoms with E-state index < -0.39 is 0 Å². The third-order valence-corrected chi connectivity index (χ3v) is 7.24. The Labute approximate surface area is 185 Å². The van der Waals surface area contributed by atoms with E-state index in [4.69, 9.17) is 0 Å². The number of aliphatic hydroxyl groups is 1. The minimum Gasteiger partial charge on any atom is -0.396 e. The molecule has 1 saturated carbocycles. The van der Waals surface area contributed by atoms with Gasteiger partial charge in [-0.25, -0.2) is 0 Å². The fourth-order valence-corrected chi connectivity index (χ4v) is 5.38. The van der Waals surface area contributed by atoms with E-state index in [0.29, 0.717) is 16.2 Å². The van der Waals surface area contributed by atoms with Crippen LogP contribution in [0.15, 0.2) is 29.2 Å². The number of carbonyl (C=O) groups is 2. The molecule has 0 atom stereocenters. The zero-order valence-corrected chi connectivity index (χ0v) is 19.0. The Morgan fingerprint density at radius 3 is 1.93 bits per heavy atom. The van der Waals surface area contributed by atoms with E-state index in [1.54, 1.807) is 4.90 Å². The number of carbonyl (C=O) groups excluding carboxylic acids is 2. The molecule has 164 valence electrons. The number of amides is 2. The molecule has 30 heavy (non-hydrogen) atoms. The van der Waals surface area contributed by atoms with Crippen LogP contribution in [0.25, 0.3) is 5.57 Å². The van der Waals surface area contributed by atoms with Crippen molar-refractivity contribution in [3.8, 4) is 0 Å². The quantitative estimate of drug-likeness (QED) is 0.630. The predicted octanol–water partition coefficient (Wildman–Crippen LogP) is 5.47. The van der Waals surface area contributed by atoms with Gasteiger partial charge in [0.15, 0.2) is 0 Å². The van der Waals surface area contributed by atoms with Gasteiger partial charge < -0.3 is 5.11 Å². The largest absolute Gasteiger partial charge is 0.396 e. The highest BCUT2D eigenvalue weighted by Crippen LogP contribution is 2.38. The average molecular weight is 430 g/mol. The van der Waals surface area contributed by atoms with E-state index in [-0.39, 0.29) is 24.5 Å². The van der Waals surface area contributed by atoms with E-state index in [9.17, 15) is 14.7 Å². The molecule has 1 aliphatic carbocycles. The third kappa shape index (κ3) is 5.76.